The third-order valence-electron chi connectivity index (χ3n) is 4.75. The van der Waals surface area contributed by atoms with E-state index >= 15 is 0 Å². The molecule has 0 saturated heterocycles. The summed E-state index contributed by atoms with van der Waals surface area (Å²) in [6, 6.07) is 9.17. The van der Waals surface area contributed by atoms with Gasteiger partial charge in [-0.15, -0.1) is 0 Å². The Morgan fingerprint density at radius 1 is 0.862 bits per heavy atom. The zero-order chi connectivity index (χ0) is 21.0. The summed E-state index contributed by atoms with van der Waals surface area (Å²) in [5.41, 5.74) is 0.631. The minimum atomic E-state index is -0.738. The summed E-state index contributed by atoms with van der Waals surface area (Å²) in [4.78, 5) is 51.4. The number of ketones is 2. The fourth-order valence-corrected chi connectivity index (χ4v) is 3.57. The third-order valence-corrected chi connectivity index (χ3v) is 4.75. The Morgan fingerprint density at radius 3 is 1.79 bits per heavy atom. The highest BCUT2D eigenvalue weighted by atomic mass is 16.5. The van der Waals surface area contributed by atoms with Crippen LogP contribution in [0, 0.1) is 0 Å². The molecular formula is C22H23NO6. The van der Waals surface area contributed by atoms with Crippen LogP contribution in [0.25, 0.3) is 0 Å². The van der Waals surface area contributed by atoms with E-state index in [0.717, 1.165) is 5.56 Å². The van der Waals surface area contributed by atoms with Crippen molar-refractivity contribution in [2.45, 2.75) is 39.7 Å². The summed E-state index contributed by atoms with van der Waals surface area (Å²) in [6.45, 7) is 3.62. The van der Waals surface area contributed by atoms with E-state index in [-0.39, 0.29) is 66.7 Å². The van der Waals surface area contributed by atoms with Crippen LogP contribution < -0.4 is 0 Å². The lowest BCUT2D eigenvalue weighted by Gasteiger charge is -2.13. The van der Waals surface area contributed by atoms with Gasteiger partial charge in [0.15, 0.2) is 11.6 Å². The lowest BCUT2D eigenvalue weighted by molar-refractivity contribution is 0.0500. The van der Waals surface area contributed by atoms with Gasteiger partial charge < -0.3 is 14.0 Å². The maximum absolute atomic E-state index is 12.9. The fraction of sp³-hybridized carbons (Fsp3) is 0.364. The molecule has 0 spiro atoms. The van der Waals surface area contributed by atoms with Crippen molar-refractivity contribution in [1.29, 1.82) is 0 Å². The van der Waals surface area contributed by atoms with Gasteiger partial charge >= 0.3 is 11.9 Å². The molecule has 29 heavy (non-hydrogen) atoms. The maximum atomic E-state index is 12.9. The van der Waals surface area contributed by atoms with Crippen molar-refractivity contribution in [2.24, 2.45) is 0 Å². The maximum Gasteiger partial charge on any atom is 0.355 e. The van der Waals surface area contributed by atoms with Crippen LogP contribution in [0.5, 0.6) is 0 Å². The molecule has 7 heteroatoms. The molecule has 0 amide bonds. The van der Waals surface area contributed by atoms with Gasteiger partial charge in [0.05, 0.1) is 24.3 Å². The van der Waals surface area contributed by atoms with Gasteiger partial charge in [0.25, 0.3) is 0 Å². The average molecular weight is 397 g/mol. The number of aromatic nitrogens is 1. The normalized spacial score (nSPS) is 13.6. The van der Waals surface area contributed by atoms with Crippen LogP contribution in [0.4, 0.5) is 0 Å². The number of Topliss-reactive ketones (excluding diaryl/α,β-unsaturated/α-hetero) is 2. The van der Waals surface area contributed by atoms with Gasteiger partial charge in [-0.1, -0.05) is 30.3 Å². The Hall–Kier alpha value is -3.22. The number of rotatable bonds is 6. The van der Waals surface area contributed by atoms with Crippen LogP contribution in [-0.4, -0.2) is 41.3 Å². The molecule has 7 nitrogen and oxygen atoms in total. The molecule has 1 aliphatic rings. The van der Waals surface area contributed by atoms with Crippen LogP contribution in [0.3, 0.4) is 0 Å². The lowest BCUT2D eigenvalue weighted by atomic mass is 10.0. The number of esters is 2. The fourth-order valence-electron chi connectivity index (χ4n) is 3.57. The van der Waals surface area contributed by atoms with Gasteiger partial charge in [-0.2, -0.15) is 0 Å². The first-order valence-electron chi connectivity index (χ1n) is 9.70. The molecule has 0 atom stereocenters. The van der Waals surface area contributed by atoms with Crippen molar-refractivity contribution in [3.05, 3.63) is 58.4 Å². The molecule has 1 aromatic heterocycles. The van der Waals surface area contributed by atoms with Crippen LogP contribution in [0.15, 0.2) is 30.3 Å². The van der Waals surface area contributed by atoms with Crippen molar-refractivity contribution in [3.8, 4) is 0 Å². The van der Waals surface area contributed by atoms with Gasteiger partial charge in [-0.3, -0.25) is 9.59 Å². The van der Waals surface area contributed by atoms with E-state index in [1.807, 2.05) is 30.3 Å². The summed E-state index contributed by atoms with van der Waals surface area (Å²) in [5.74, 6) is -2.16. The summed E-state index contributed by atoms with van der Waals surface area (Å²) in [7, 11) is 0. The zero-order valence-electron chi connectivity index (χ0n) is 16.5. The molecule has 0 fully saturated rings. The SMILES string of the molecule is CCOC(=O)c1c2c(c(C(=O)OCC)n1Cc1ccccc1)C(=O)CCCC2=O. The van der Waals surface area contributed by atoms with Gasteiger partial charge in [0.2, 0.25) is 0 Å². The Morgan fingerprint density at radius 2 is 1.34 bits per heavy atom. The average Bonchev–Trinajstić information content (AvgIpc) is 2.96. The highest BCUT2D eigenvalue weighted by Gasteiger charge is 2.38. The number of carbonyl (C=O) groups excluding carboxylic acids is 4. The number of benzene rings is 1. The van der Waals surface area contributed by atoms with E-state index < -0.39 is 11.9 Å². The van der Waals surface area contributed by atoms with Crippen LogP contribution >= 0.6 is 0 Å². The van der Waals surface area contributed by atoms with E-state index in [0.29, 0.717) is 6.42 Å². The molecule has 1 aromatic carbocycles. The number of fused-ring (bicyclic) bond motifs is 1. The topological polar surface area (TPSA) is 91.7 Å². The highest BCUT2D eigenvalue weighted by molar-refractivity contribution is 6.19. The molecular weight excluding hydrogens is 374 g/mol. The van der Waals surface area contributed by atoms with Crippen LogP contribution in [0.2, 0.25) is 0 Å². The predicted molar refractivity (Wildman–Crippen MR) is 104 cm³/mol. The number of hydrogen-bond donors (Lipinski definition) is 0. The molecule has 1 aliphatic carbocycles. The smallest absolute Gasteiger partial charge is 0.355 e. The number of ether oxygens (including phenoxy) is 2. The molecule has 3 rings (SSSR count). The molecule has 0 bridgehead atoms. The van der Waals surface area contributed by atoms with Crippen molar-refractivity contribution in [1.82, 2.24) is 4.57 Å². The van der Waals surface area contributed by atoms with E-state index in [9.17, 15) is 19.2 Å². The van der Waals surface area contributed by atoms with Gasteiger partial charge in [-0.25, -0.2) is 9.59 Å². The lowest BCUT2D eigenvalue weighted by Crippen LogP contribution is -2.20. The molecule has 2 aromatic rings. The first-order chi connectivity index (χ1) is 14.0. The summed E-state index contributed by atoms with van der Waals surface area (Å²) in [6.07, 6.45) is 0.626. The number of carbonyl (C=O) groups is 4. The van der Waals surface area contributed by atoms with Crippen molar-refractivity contribution >= 4 is 23.5 Å². The Kier molecular flexibility index (Phi) is 6.26. The Balaban J connectivity index is 2.33. The third kappa shape index (κ3) is 3.99. The Labute approximate surface area is 168 Å². The second-order valence-electron chi connectivity index (χ2n) is 6.66. The second kappa shape index (κ2) is 8.86. The minimum absolute atomic E-state index is 0.0232. The zero-order valence-corrected chi connectivity index (χ0v) is 16.5. The molecule has 152 valence electrons. The molecule has 0 N–H and O–H groups in total. The first kappa shape index (κ1) is 20.5. The quantitative estimate of drug-likeness (QED) is 0.548. The monoisotopic (exact) mass is 397 g/mol. The van der Waals surface area contributed by atoms with Gasteiger partial charge in [0, 0.05) is 19.4 Å². The van der Waals surface area contributed by atoms with Crippen molar-refractivity contribution in [3.63, 3.8) is 0 Å². The van der Waals surface area contributed by atoms with Crippen LogP contribution in [-0.2, 0) is 16.0 Å². The highest BCUT2D eigenvalue weighted by Crippen LogP contribution is 2.32. The predicted octanol–water partition coefficient (Wildman–Crippen LogP) is 3.44. The van der Waals surface area contributed by atoms with E-state index in [2.05, 4.69) is 0 Å². The molecule has 1 heterocycles. The summed E-state index contributed by atoms with van der Waals surface area (Å²) >= 11 is 0. The number of hydrogen-bond acceptors (Lipinski definition) is 6. The summed E-state index contributed by atoms with van der Waals surface area (Å²) in [5, 5.41) is 0. The van der Waals surface area contributed by atoms with E-state index in [1.165, 1.54) is 4.57 Å². The van der Waals surface area contributed by atoms with Crippen LogP contribution in [0.1, 0.15) is 80.4 Å². The second-order valence-corrected chi connectivity index (χ2v) is 6.66. The van der Waals surface area contributed by atoms with E-state index in [1.54, 1.807) is 13.8 Å². The summed E-state index contributed by atoms with van der Waals surface area (Å²) < 4.78 is 11.7. The standard InChI is InChI=1S/C22H23NO6/c1-3-28-21(26)19-17-15(24)11-8-12-16(25)18(17)20(22(27)29-4-2)23(19)13-14-9-6-5-7-10-14/h5-7,9-10H,3-4,8,11-13H2,1-2H3. The molecule has 0 saturated carbocycles. The van der Waals surface area contributed by atoms with Gasteiger partial charge in [0.1, 0.15) is 11.4 Å². The van der Waals surface area contributed by atoms with Crippen molar-refractivity contribution in [2.75, 3.05) is 13.2 Å². The van der Waals surface area contributed by atoms with Crippen molar-refractivity contribution < 1.29 is 28.7 Å². The number of nitrogens with zero attached hydrogens (tertiary/aromatic N) is 1. The van der Waals surface area contributed by atoms with Gasteiger partial charge in [-0.05, 0) is 25.8 Å². The molecule has 0 radical (unpaired) electrons. The largest absolute Gasteiger partial charge is 0.461 e. The minimum Gasteiger partial charge on any atom is -0.461 e. The molecule has 0 unspecified atom stereocenters. The Bertz CT molecular complexity index is 902. The van der Waals surface area contributed by atoms with E-state index in [4.69, 9.17) is 9.47 Å². The molecule has 0 aliphatic heterocycles. The first-order valence-corrected chi connectivity index (χ1v) is 9.70.